The van der Waals surface area contributed by atoms with Gasteiger partial charge < -0.3 is 15.2 Å². The fourth-order valence-electron chi connectivity index (χ4n) is 1.39. The van der Waals surface area contributed by atoms with E-state index in [0.29, 0.717) is 5.57 Å². The summed E-state index contributed by atoms with van der Waals surface area (Å²) in [6.07, 6.45) is 0.446. The summed E-state index contributed by atoms with van der Waals surface area (Å²) in [6.45, 7) is 5.17. The van der Waals surface area contributed by atoms with E-state index in [1.807, 2.05) is 13.8 Å². The molecule has 0 spiro atoms. The number of ether oxygens (including phenoxy) is 1. The van der Waals surface area contributed by atoms with Crippen molar-refractivity contribution in [3.05, 3.63) is 11.6 Å². The minimum absolute atomic E-state index is 0.00981. The molecule has 0 radical (unpaired) electrons. The van der Waals surface area contributed by atoms with Crippen molar-refractivity contribution in [1.29, 1.82) is 0 Å². The van der Waals surface area contributed by atoms with Gasteiger partial charge in [-0.2, -0.15) is 0 Å². The van der Waals surface area contributed by atoms with Crippen LogP contribution in [-0.4, -0.2) is 35.7 Å². The van der Waals surface area contributed by atoms with Crippen LogP contribution < -0.4 is 5.32 Å². The highest BCUT2D eigenvalue weighted by Gasteiger charge is 2.25. The van der Waals surface area contributed by atoms with Crippen LogP contribution in [0.3, 0.4) is 0 Å². The van der Waals surface area contributed by atoms with Gasteiger partial charge in [-0.1, -0.05) is 13.8 Å². The van der Waals surface area contributed by atoms with Gasteiger partial charge in [-0.05, 0) is 12.8 Å². The Balaban J connectivity index is 2.92. The molecular weight excluding hydrogens is 210 g/mol. The summed E-state index contributed by atoms with van der Waals surface area (Å²) in [6, 6.07) is -0.557. The summed E-state index contributed by atoms with van der Waals surface area (Å²) in [5.41, 5.74) is 0.371. The van der Waals surface area contributed by atoms with Crippen molar-refractivity contribution in [2.45, 2.75) is 32.9 Å². The van der Waals surface area contributed by atoms with Crippen LogP contribution in [0.25, 0.3) is 0 Å². The minimum atomic E-state index is -0.761. The number of nitrogens with one attached hydrogen (secondary N) is 1. The molecule has 1 amide bonds. The second-order valence-corrected chi connectivity index (χ2v) is 4.20. The Hall–Kier alpha value is -1.36. The average Bonchev–Trinajstić information content (AvgIpc) is 2.16. The molecule has 0 aromatic heterocycles. The maximum absolute atomic E-state index is 11.8. The first-order valence-electron chi connectivity index (χ1n) is 5.29. The van der Waals surface area contributed by atoms with Crippen LogP contribution in [0.1, 0.15) is 20.8 Å². The van der Waals surface area contributed by atoms with Crippen molar-refractivity contribution in [1.82, 2.24) is 5.32 Å². The van der Waals surface area contributed by atoms with Crippen molar-refractivity contribution in [2.75, 3.05) is 6.61 Å². The summed E-state index contributed by atoms with van der Waals surface area (Å²) in [5, 5.41) is 12.0. The lowest BCUT2D eigenvalue weighted by molar-refractivity contribution is -0.141. The summed E-state index contributed by atoms with van der Waals surface area (Å²) in [5.74, 6) is -0.929. The van der Waals surface area contributed by atoms with Gasteiger partial charge in [0.15, 0.2) is 0 Å². The maximum atomic E-state index is 11.8. The van der Waals surface area contributed by atoms with Crippen molar-refractivity contribution >= 4 is 11.9 Å². The van der Waals surface area contributed by atoms with E-state index in [0.717, 1.165) is 0 Å². The van der Waals surface area contributed by atoms with Crippen LogP contribution in [0.5, 0.6) is 0 Å². The molecule has 2 unspecified atom stereocenters. The number of hydrogen-bond donors (Lipinski definition) is 2. The highest BCUT2D eigenvalue weighted by atomic mass is 16.5. The Bertz CT molecular complexity index is 320. The molecule has 16 heavy (non-hydrogen) atoms. The van der Waals surface area contributed by atoms with E-state index >= 15 is 0 Å². The zero-order valence-corrected chi connectivity index (χ0v) is 9.69. The van der Waals surface area contributed by atoms with Crippen molar-refractivity contribution in [3.8, 4) is 0 Å². The molecule has 2 N–H and O–H groups in total. The van der Waals surface area contributed by atoms with Crippen LogP contribution in [0, 0.1) is 5.92 Å². The Morgan fingerprint density at radius 1 is 1.44 bits per heavy atom. The van der Waals surface area contributed by atoms with Gasteiger partial charge in [0, 0.05) is 11.6 Å². The van der Waals surface area contributed by atoms with Gasteiger partial charge in [-0.3, -0.25) is 4.79 Å². The molecule has 1 aliphatic rings. The molecule has 0 saturated heterocycles. The molecule has 0 saturated carbocycles. The van der Waals surface area contributed by atoms with Crippen LogP contribution in [0.15, 0.2) is 11.6 Å². The van der Waals surface area contributed by atoms with Crippen molar-refractivity contribution in [2.24, 2.45) is 5.92 Å². The number of amides is 1. The summed E-state index contributed by atoms with van der Waals surface area (Å²) in [4.78, 5) is 23.1. The Morgan fingerprint density at radius 2 is 2.06 bits per heavy atom. The number of aliphatic hydroxyl groups is 1. The Labute approximate surface area is 94.5 Å². The van der Waals surface area contributed by atoms with Gasteiger partial charge in [-0.15, -0.1) is 0 Å². The molecular formula is C11H17NO4. The predicted octanol–water partition coefficient (Wildman–Crippen LogP) is -0.00880. The molecule has 5 heteroatoms. The first-order valence-corrected chi connectivity index (χ1v) is 5.29. The number of aliphatic hydroxyl groups excluding tert-OH is 1. The van der Waals surface area contributed by atoms with Crippen molar-refractivity contribution < 1.29 is 19.4 Å². The monoisotopic (exact) mass is 227 g/mol. The first-order chi connectivity index (χ1) is 7.41. The molecule has 0 aliphatic carbocycles. The van der Waals surface area contributed by atoms with Gasteiger partial charge >= 0.3 is 5.97 Å². The van der Waals surface area contributed by atoms with Gasteiger partial charge in [0.05, 0.1) is 12.1 Å². The molecule has 1 heterocycles. The average molecular weight is 227 g/mol. The molecule has 0 fully saturated rings. The second kappa shape index (κ2) is 5.12. The molecule has 1 aliphatic heterocycles. The first kappa shape index (κ1) is 12.7. The number of carbonyl (C=O) groups excluding carboxylic acids is 2. The topological polar surface area (TPSA) is 75.6 Å². The van der Waals surface area contributed by atoms with Crippen LogP contribution in [0.4, 0.5) is 0 Å². The lowest BCUT2D eigenvalue weighted by Crippen LogP contribution is -2.47. The lowest BCUT2D eigenvalue weighted by Gasteiger charge is -2.24. The summed E-state index contributed by atoms with van der Waals surface area (Å²) >= 11 is 0. The van der Waals surface area contributed by atoms with Gasteiger partial charge in [0.1, 0.15) is 6.61 Å². The zero-order chi connectivity index (χ0) is 12.3. The number of esters is 1. The van der Waals surface area contributed by atoms with E-state index in [2.05, 4.69) is 5.32 Å². The quantitative estimate of drug-likeness (QED) is 0.651. The van der Waals surface area contributed by atoms with E-state index in [4.69, 9.17) is 4.74 Å². The summed E-state index contributed by atoms with van der Waals surface area (Å²) in [7, 11) is 0. The normalized spacial score (nSPS) is 27.3. The summed E-state index contributed by atoms with van der Waals surface area (Å²) < 4.78 is 4.90. The third-order valence-corrected chi connectivity index (χ3v) is 2.46. The zero-order valence-electron chi connectivity index (χ0n) is 9.69. The fraction of sp³-hybridized carbons (Fsp3) is 0.636. The highest BCUT2D eigenvalue weighted by Crippen LogP contribution is 2.12. The van der Waals surface area contributed by atoms with Crippen LogP contribution >= 0.6 is 0 Å². The molecule has 0 aromatic rings. The standard InChI is InChI=1S/C11H17NO4/c1-6(2)8-4-10(14)16-5-9(7(3)13)12-11(8)15/h4,6-7,9,13H,5H2,1-3H3,(H,12,15)/b8-4-. The molecule has 1 rings (SSSR count). The Morgan fingerprint density at radius 3 is 2.56 bits per heavy atom. The third-order valence-electron chi connectivity index (χ3n) is 2.46. The van der Waals surface area contributed by atoms with Gasteiger partial charge in [-0.25, -0.2) is 4.79 Å². The lowest BCUT2D eigenvalue weighted by atomic mass is 10.0. The SMILES string of the molecule is CC(C)/C1=C/C(=O)OCC(C(C)O)NC1=O. The number of cyclic esters (lactones) is 1. The highest BCUT2D eigenvalue weighted by molar-refractivity contribution is 6.00. The van der Waals surface area contributed by atoms with Crippen LogP contribution in [0.2, 0.25) is 0 Å². The molecule has 0 aromatic carbocycles. The third kappa shape index (κ3) is 3.06. The van der Waals surface area contributed by atoms with Crippen molar-refractivity contribution in [3.63, 3.8) is 0 Å². The van der Waals surface area contributed by atoms with E-state index in [9.17, 15) is 14.7 Å². The van der Waals surface area contributed by atoms with E-state index in [1.54, 1.807) is 6.92 Å². The maximum Gasteiger partial charge on any atom is 0.331 e. The Kier molecular flexibility index (Phi) is 4.06. The second-order valence-electron chi connectivity index (χ2n) is 4.20. The minimum Gasteiger partial charge on any atom is -0.460 e. The van der Waals surface area contributed by atoms with Crippen LogP contribution in [-0.2, 0) is 14.3 Å². The van der Waals surface area contributed by atoms with E-state index in [1.165, 1.54) is 6.08 Å². The van der Waals surface area contributed by atoms with Gasteiger partial charge in [0.2, 0.25) is 5.91 Å². The number of hydrogen-bond acceptors (Lipinski definition) is 4. The van der Waals surface area contributed by atoms with E-state index in [-0.39, 0.29) is 18.4 Å². The number of carbonyl (C=O) groups is 2. The fourth-order valence-corrected chi connectivity index (χ4v) is 1.39. The smallest absolute Gasteiger partial charge is 0.331 e. The molecule has 5 nitrogen and oxygen atoms in total. The number of rotatable bonds is 2. The largest absolute Gasteiger partial charge is 0.460 e. The van der Waals surface area contributed by atoms with E-state index < -0.39 is 18.1 Å². The van der Waals surface area contributed by atoms with Gasteiger partial charge in [0.25, 0.3) is 0 Å². The predicted molar refractivity (Wildman–Crippen MR) is 57.5 cm³/mol. The molecule has 90 valence electrons. The molecule has 0 bridgehead atoms. The molecule has 2 atom stereocenters.